The van der Waals surface area contributed by atoms with Crippen LogP contribution in [0.1, 0.15) is 12.0 Å². The summed E-state index contributed by atoms with van der Waals surface area (Å²) in [5.41, 5.74) is 0.384. The van der Waals surface area contributed by atoms with Crippen LogP contribution in [0.2, 0.25) is 0 Å². The number of hydrogen-bond donors (Lipinski definition) is 0. The molecule has 2 nitrogen and oxygen atoms in total. The fourth-order valence-electron chi connectivity index (χ4n) is 2.40. The third-order valence-corrected chi connectivity index (χ3v) is 3.30. The standard InChI is InChI=1S/C14H12F3NO/c15-14(16,17)11-4-5-12(13-10(11)6-9-19-13)18-7-2-1-3-8-18/h1-2,4-6,9H,3,7-8H2. The molecule has 19 heavy (non-hydrogen) atoms. The minimum absolute atomic E-state index is 0.125. The highest BCUT2D eigenvalue weighted by atomic mass is 19.4. The van der Waals surface area contributed by atoms with Crippen molar-refractivity contribution in [3.8, 4) is 0 Å². The molecule has 0 atom stereocenters. The molecule has 5 heteroatoms. The van der Waals surface area contributed by atoms with Crippen LogP contribution in [-0.2, 0) is 6.18 Å². The third-order valence-electron chi connectivity index (χ3n) is 3.30. The largest absolute Gasteiger partial charge is 0.462 e. The number of nitrogens with zero attached hydrogens (tertiary/aromatic N) is 1. The molecule has 1 aromatic heterocycles. The van der Waals surface area contributed by atoms with Crippen LogP contribution in [0.25, 0.3) is 11.0 Å². The van der Waals surface area contributed by atoms with E-state index in [-0.39, 0.29) is 5.39 Å². The van der Waals surface area contributed by atoms with Gasteiger partial charge in [0.25, 0.3) is 0 Å². The van der Waals surface area contributed by atoms with E-state index in [1.165, 1.54) is 18.4 Å². The molecule has 0 N–H and O–H groups in total. The van der Waals surface area contributed by atoms with Gasteiger partial charge in [0.1, 0.15) is 0 Å². The average molecular weight is 267 g/mol. The molecular formula is C14H12F3NO. The molecule has 3 rings (SSSR count). The van der Waals surface area contributed by atoms with Gasteiger partial charge in [-0.15, -0.1) is 0 Å². The Hall–Kier alpha value is -1.91. The Morgan fingerprint density at radius 3 is 2.63 bits per heavy atom. The molecule has 1 aliphatic rings. The molecule has 0 fully saturated rings. The zero-order valence-corrected chi connectivity index (χ0v) is 10.1. The van der Waals surface area contributed by atoms with E-state index in [1.807, 2.05) is 11.0 Å². The molecule has 0 saturated heterocycles. The summed E-state index contributed by atoms with van der Waals surface area (Å²) in [7, 11) is 0. The Kier molecular flexibility index (Phi) is 2.77. The predicted molar refractivity (Wildman–Crippen MR) is 67.2 cm³/mol. The topological polar surface area (TPSA) is 16.4 Å². The Morgan fingerprint density at radius 2 is 1.95 bits per heavy atom. The van der Waals surface area contributed by atoms with Gasteiger partial charge in [-0.1, -0.05) is 12.2 Å². The molecule has 0 spiro atoms. The number of furan rings is 1. The lowest BCUT2D eigenvalue weighted by Crippen LogP contribution is -2.26. The highest BCUT2D eigenvalue weighted by Gasteiger charge is 2.34. The van der Waals surface area contributed by atoms with Gasteiger partial charge < -0.3 is 9.32 Å². The van der Waals surface area contributed by atoms with Gasteiger partial charge >= 0.3 is 6.18 Å². The van der Waals surface area contributed by atoms with Crippen LogP contribution in [0, 0.1) is 0 Å². The molecule has 0 unspecified atom stereocenters. The zero-order chi connectivity index (χ0) is 13.5. The first kappa shape index (κ1) is 12.1. The second-order valence-electron chi connectivity index (χ2n) is 4.50. The quantitative estimate of drug-likeness (QED) is 0.719. The number of anilines is 1. The van der Waals surface area contributed by atoms with Crippen molar-refractivity contribution >= 4 is 16.7 Å². The SMILES string of the molecule is FC(F)(F)c1ccc(N2CC=CCC2)c2occc12. The van der Waals surface area contributed by atoms with Gasteiger partial charge in [-0.05, 0) is 24.6 Å². The first-order chi connectivity index (χ1) is 9.07. The van der Waals surface area contributed by atoms with E-state index in [0.717, 1.165) is 24.7 Å². The van der Waals surface area contributed by atoms with Gasteiger partial charge in [-0.25, -0.2) is 0 Å². The van der Waals surface area contributed by atoms with Gasteiger partial charge in [0.15, 0.2) is 5.58 Å². The summed E-state index contributed by atoms with van der Waals surface area (Å²) in [4.78, 5) is 2.02. The lowest BCUT2D eigenvalue weighted by atomic mass is 10.1. The summed E-state index contributed by atoms with van der Waals surface area (Å²) in [5.74, 6) is 0. The minimum atomic E-state index is -4.36. The Bertz CT molecular complexity index is 627. The predicted octanol–water partition coefficient (Wildman–Crippen LogP) is 4.22. The van der Waals surface area contributed by atoms with Crippen molar-refractivity contribution in [2.24, 2.45) is 0 Å². The molecule has 2 heterocycles. The van der Waals surface area contributed by atoms with Crippen molar-refractivity contribution in [3.63, 3.8) is 0 Å². The molecule has 0 saturated carbocycles. The average Bonchev–Trinajstić information content (AvgIpc) is 2.86. The number of benzene rings is 1. The maximum Gasteiger partial charge on any atom is 0.417 e. The van der Waals surface area contributed by atoms with Crippen LogP contribution in [0.5, 0.6) is 0 Å². The Morgan fingerprint density at radius 1 is 1.11 bits per heavy atom. The molecule has 100 valence electrons. The van der Waals surface area contributed by atoms with Crippen molar-refractivity contribution in [1.29, 1.82) is 0 Å². The van der Waals surface area contributed by atoms with E-state index < -0.39 is 11.7 Å². The fourth-order valence-corrected chi connectivity index (χ4v) is 2.40. The lowest BCUT2D eigenvalue weighted by Gasteiger charge is -2.26. The molecule has 1 aromatic carbocycles. The summed E-state index contributed by atoms with van der Waals surface area (Å²) in [6, 6.07) is 4.00. The molecule has 0 bridgehead atoms. The van der Waals surface area contributed by atoms with E-state index in [9.17, 15) is 13.2 Å². The summed E-state index contributed by atoms with van der Waals surface area (Å²) < 4.78 is 44.0. The monoisotopic (exact) mass is 267 g/mol. The van der Waals surface area contributed by atoms with Crippen molar-refractivity contribution in [1.82, 2.24) is 0 Å². The van der Waals surface area contributed by atoms with Crippen LogP contribution in [0.3, 0.4) is 0 Å². The summed E-state index contributed by atoms with van der Waals surface area (Å²) in [6.07, 6.45) is 1.92. The van der Waals surface area contributed by atoms with E-state index in [4.69, 9.17) is 4.42 Å². The second kappa shape index (κ2) is 4.33. The lowest BCUT2D eigenvalue weighted by molar-refractivity contribution is -0.136. The highest BCUT2D eigenvalue weighted by Crippen LogP contribution is 2.39. The normalized spacial score (nSPS) is 16.3. The van der Waals surface area contributed by atoms with Gasteiger partial charge in [-0.2, -0.15) is 13.2 Å². The van der Waals surface area contributed by atoms with Crippen LogP contribution in [0.4, 0.5) is 18.9 Å². The van der Waals surface area contributed by atoms with Crippen molar-refractivity contribution < 1.29 is 17.6 Å². The number of hydrogen-bond acceptors (Lipinski definition) is 2. The van der Waals surface area contributed by atoms with E-state index >= 15 is 0 Å². The maximum absolute atomic E-state index is 12.9. The first-order valence-corrected chi connectivity index (χ1v) is 6.05. The van der Waals surface area contributed by atoms with Crippen LogP contribution >= 0.6 is 0 Å². The summed E-state index contributed by atoms with van der Waals surface area (Å²) >= 11 is 0. The Labute approximate surface area is 108 Å². The fraction of sp³-hybridized carbons (Fsp3) is 0.286. The van der Waals surface area contributed by atoms with E-state index in [2.05, 4.69) is 6.08 Å². The van der Waals surface area contributed by atoms with Gasteiger partial charge in [-0.3, -0.25) is 0 Å². The zero-order valence-electron chi connectivity index (χ0n) is 10.1. The molecular weight excluding hydrogens is 255 g/mol. The molecule has 0 radical (unpaired) electrons. The van der Waals surface area contributed by atoms with E-state index in [0.29, 0.717) is 12.1 Å². The second-order valence-corrected chi connectivity index (χ2v) is 4.50. The van der Waals surface area contributed by atoms with Crippen molar-refractivity contribution in [2.45, 2.75) is 12.6 Å². The number of rotatable bonds is 1. The smallest absolute Gasteiger partial charge is 0.417 e. The summed E-state index contributed by atoms with van der Waals surface area (Å²) in [5, 5.41) is 0.125. The Balaban J connectivity index is 2.13. The molecule has 2 aromatic rings. The maximum atomic E-state index is 12.9. The van der Waals surface area contributed by atoms with Crippen LogP contribution < -0.4 is 4.90 Å². The molecule has 0 aliphatic carbocycles. The third kappa shape index (κ3) is 2.09. The highest BCUT2D eigenvalue weighted by molar-refractivity contribution is 5.92. The number of alkyl halides is 3. The van der Waals surface area contributed by atoms with Crippen molar-refractivity contribution in [2.75, 3.05) is 18.0 Å². The first-order valence-electron chi connectivity index (χ1n) is 6.05. The number of fused-ring (bicyclic) bond motifs is 1. The number of halogens is 3. The summed E-state index contributed by atoms with van der Waals surface area (Å²) in [6.45, 7) is 1.48. The van der Waals surface area contributed by atoms with Crippen LogP contribution in [-0.4, -0.2) is 13.1 Å². The van der Waals surface area contributed by atoms with Crippen molar-refractivity contribution in [3.05, 3.63) is 42.2 Å². The van der Waals surface area contributed by atoms with E-state index in [1.54, 1.807) is 0 Å². The van der Waals surface area contributed by atoms with Crippen LogP contribution in [0.15, 0.2) is 41.0 Å². The molecule has 1 aliphatic heterocycles. The van der Waals surface area contributed by atoms with Gasteiger partial charge in [0, 0.05) is 18.5 Å². The van der Waals surface area contributed by atoms with Gasteiger partial charge in [0.05, 0.1) is 17.5 Å². The minimum Gasteiger partial charge on any atom is -0.462 e. The van der Waals surface area contributed by atoms with Gasteiger partial charge in [0.2, 0.25) is 0 Å². The molecule has 0 amide bonds.